The Balaban J connectivity index is 3.76. The lowest BCUT2D eigenvalue weighted by molar-refractivity contribution is 0.628. The van der Waals surface area contributed by atoms with Crippen LogP contribution in [0.2, 0.25) is 6.04 Å². The molecule has 0 aromatic heterocycles. The average molecular weight is 181 g/mol. The van der Waals surface area contributed by atoms with Gasteiger partial charge >= 0.3 is 7.63 Å². The Kier molecular flexibility index (Phi) is 4.47. The number of halogens is 1. The lowest BCUT2D eigenvalue weighted by atomic mass is 10.6. The number of hydrogen-bond acceptors (Lipinski definition) is 1. The van der Waals surface area contributed by atoms with Crippen molar-refractivity contribution in [3.8, 4) is 0 Å². The first-order valence-electron chi connectivity index (χ1n) is 3.06. The minimum absolute atomic E-state index is 0.729. The van der Waals surface area contributed by atoms with E-state index in [-0.39, 0.29) is 0 Å². The molecule has 0 rings (SSSR count). The second kappa shape index (κ2) is 4.27. The van der Waals surface area contributed by atoms with Crippen LogP contribution in [-0.2, 0) is 4.12 Å². The van der Waals surface area contributed by atoms with Crippen LogP contribution in [0.3, 0.4) is 0 Å². The molecule has 0 saturated heterocycles. The van der Waals surface area contributed by atoms with Crippen molar-refractivity contribution < 1.29 is 4.12 Å². The molecule has 0 N–H and O–H groups in total. The molecule has 54 valence electrons. The zero-order valence-electron chi connectivity index (χ0n) is 5.98. The summed E-state index contributed by atoms with van der Waals surface area (Å²) in [4.78, 5) is 0. The van der Waals surface area contributed by atoms with Crippen molar-refractivity contribution in [2.75, 3.05) is 0 Å². The molecular formula is C5H13ClOSi2. The maximum Gasteiger partial charge on any atom is 0.304 e. The highest BCUT2D eigenvalue weighted by Gasteiger charge is 2.24. The van der Waals surface area contributed by atoms with Gasteiger partial charge in [0, 0.05) is 0 Å². The topological polar surface area (TPSA) is 9.23 Å². The molecule has 0 radical (unpaired) electrons. The molecule has 0 bridgehead atoms. The van der Waals surface area contributed by atoms with Crippen LogP contribution in [-0.4, -0.2) is 18.1 Å². The van der Waals surface area contributed by atoms with Crippen molar-refractivity contribution in [3.05, 3.63) is 12.3 Å². The first-order valence-corrected chi connectivity index (χ1v) is 7.08. The SMILES string of the molecule is C=C[Si](Cl)(CCC)O[SiH3]. The Hall–Kier alpha value is 0.424. The normalized spacial score (nSPS) is 17.1. The van der Waals surface area contributed by atoms with Gasteiger partial charge in [0.1, 0.15) is 10.5 Å². The molecule has 0 aliphatic rings. The van der Waals surface area contributed by atoms with E-state index in [9.17, 15) is 0 Å². The summed E-state index contributed by atoms with van der Waals surface area (Å²) in [7, 11) is -1.17. The van der Waals surface area contributed by atoms with Crippen LogP contribution in [0.15, 0.2) is 12.3 Å². The summed E-state index contributed by atoms with van der Waals surface area (Å²) in [6, 6.07) is 0.988. The zero-order chi connectivity index (χ0) is 7.33. The second-order valence-corrected chi connectivity index (χ2v) is 7.98. The van der Waals surface area contributed by atoms with Gasteiger partial charge < -0.3 is 4.12 Å². The third-order valence-electron chi connectivity index (χ3n) is 1.24. The maximum absolute atomic E-state index is 6.04. The van der Waals surface area contributed by atoms with Gasteiger partial charge in [-0.05, 0) is 6.04 Å². The predicted molar refractivity (Wildman–Crippen MR) is 47.9 cm³/mol. The highest BCUT2D eigenvalue weighted by Crippen LogP contribution is 2.17. The first-order chi connectivity index (χ1) is 4.18. The molecule has 9 heavy (non-hydrogen) atoms. The average Bonchev–Trinajstić information content (AvgIpc) is 1.89. The van der Waals surface area contributed by atoms with E-state index in [1.807, 2.05) is 0 Å². The van der Waals surface area contributed by atoms with Crippen LogP contribution >= 0.6 is 11.1 Å². The van der Waals surface area contributed by atoms with E-state index in [0.29, 0.717) is 0 Å². The van der Waals surface area contributed by atoms with Crippen LogP contribution < -0.4 is 0 Å². The quantitative estimate of drug-likeness (QED) is 0.465. The monoisotopic (exact) mass is 180 g/mol. The van der Waals surface area contributed by atoms with Gasteiger partial charge in [-0.15, -0.1) is 17.7 Å². The Morgan fingerprint density at radius 3 is 2.56 bits per heavy atom. The summed E-state index contributed by atoms with van der Waals surface area (Å²) >= 11 is 6.04. The highest BCUT2D eigenvalue weighted by atomic mass is 35.6. The number of rotatable bonds is 4. The molecule has 4 heteroatoms. The smallest absolute Gasteiger partial charge is 0.304 e. The molecule has 1 unspecified atom stereocenters. The Morgan fingerprint density at radius 1 is 1.89 bits per heavy atom. The third-order valence-corrected chi connectivity index (χ3v) is 8.16. The summed E-state index contributed by atoms with van der Waals surface area (Å²) in [5.41, 5.74) is 1.80. The lowest BCUT2D eigenvalue weighted by Gasteiger charge is -2.16. The molecule has 0 spiro atoms. The second-order valence-electron chi connectivity index (χ2n) is 1.94. The minimum atomic E-state index is -1.90. The molecule has 1 atom stereocenters. The first kappa shape index (κ1) is 9.42. The highest BCUT2D eigenvalue weighted by molar-refractivity contribution is 7.20. The van der Waals surface area contributed by atoms with E-state index in [0.717, 1.165) is 23.0 Å². The van der Waals surface area contributed by atoms with Crippen molar-refractivity contribution in [1.82, 2.24) is 0 Å². The van der Waals surface area contributed by atoms with E-state index in [1.54, 1.807) is 5.70 Å². The molecule has 0 aliphatic heterocycles. The van der Waals surface area contributed by atoms with Crippen molar-refractivity contribution in [1.29, 1.82) is 0 Å². The fourth-order valence-corrected chi connectivity index (χ4v) is 3.56. The van der Waals surface area contributed by atoms with E-state index in [1.165, 1.54) is 0 Å². The molecule has 0 aliphatic carbocycles. The van der Waals surface area contributed by atoms with E-state index < -0.39 is 7.63 Å². The van der Waals surface area contributed by atoms with Crippen LogP contribution in [0.1, 0.15) is 13.3 Å². The van der Waals surface area contributed by atoms with E-state index >= 15 is 0 Å². The van der Waals surface area contributed by atoms with E-state index in [2.05, 4.69) is 13.5 Å². The van der Waals surface area contributed by atoms with Gasteiger partial charge in [0.2, 0.25) is 0 Å². The van der Waals surface area contributed by atoms with Gasteiger partial charge in [0.15, 0.2) is 0 Å². The summed E-state index contributed by atoms with van der Waals surface area (Å²) in [6.07, 6.45) is 1.09. The van der Waals surface area contributed by atoms with Crippen molar-refractivity contribution >= 4 is 29.2 Å². The summed E-state index contributed by atoms with van der Waals surface area (Å²) < 4.78 is 5.25. The maximum atomic E-state index is 6.04. The van der Waals surface area contributed by atoms with Gasteiger partial charge in [-0.25, -0.2) is 0 Å². The molecular weight excluding hydrogens is 168 g/mol. The summed E-state index contributed by atoms with van der Waals surface area (Å²) in [6.45, 7) is 5.75. The predicted octanol–water partition coefficient (Wildman–Crippen LogP) is 1.10. The van der Waals surface area contributed by atoms with Crippen LogP contribution in [0.4, 0.5) is 0 Å². The van der Waals surface area contributed by atoms with Crippen molar-refractivity contribution in [3.63, 3.8) is 0 Å². The fraction of sp³-hybridized carbons (Fsp3) is 0.600. The molecule has 0 saturated carbocycles. The summed E-state index contributed by atoms with van der Waals surface area (Å²) in [5.74, 6) is 0. The van der Waals surface area contributed by atoms with Crippen molar-refractivity contribution in [2.24, 2.45) is 0 Å². The number of hydrogen-bond donors (Lipinski definition) is 0. The molecule has 0 fully saturated rings. The van der Waals surface area contributed by atoms with Gasteiger partial charge in [0.25, 0.3) is 0 Å². The largest absolute Gasteiger partial charge is 0.450 e. The van der Waals surface area contributed by atoms with Crippen LogP contribution in [0.25, 0.3) is 0 Å². The zero-order valence-corrected chi connectivity index (χ0v) is 9.74. The van der Waals surface area contributed by atoms with Gasteiger partial charge in [0.05, 0.1) is 0 Å². The Morgan fingerprint density at radius 2 is 2.44 bits per heavy atom. The minimum Gasteiger partial charge on any atom is -0.450 e. The van der Waals surface area contributed by atoms with Crippen LogP contribution in [0.5, 0.6) is 0 Å². The molecule has 0 heterocycles. The Labute approximate surface area is 65.4 Å². The third kappa shape index (κ3) is 3.20. The van der Waals surface area contributed by atoms with Gasteiger partial charge in [-0.2, -0.15) is 0 Å². The molecule has 0 aromatic rings. The molecule has 1 nitrogen and oxygen atoms in total. The molecule has 0 aromatic carbocycles. The molecule has 0 amide bonds. The van der Waals surface area contributed by atoms with Gasteiger partial charge in [-0.1, -0.05) is 19.0 Å². The Bertz CT molecular complexity index is 99.0. The van der Waals surface area contributed by atoms with Crippen LogP contribution in [0, 0.1) is 0 Å². The fourth-order valence-electron chi connectivity index (χ4n) is 0.628. The van der Waals surface area contributed by atoms with E-state index in [4.69, 9.17) is 15.2 Å². The lowest BCUT2D eigenvalue weighted by Crippen LogP contribution is -2.27. The standard InChI is InChI=1S/C5H13ClOSi2/c1-3-5-9(6,4-2)7-8/h4H,2-3,5H2,1,8H3. The van der Waals surface area contributed by atoms with Gasteiger partial charge in [-0.3, -0.25) is 0 Å². The summed E-state index contributed by atoms with van der Waals surface area (Å²) in [5, 5.41) is 0. The van der Waals surface area contributed by atoms with Crippen molar-refractivity contribution in [2.45, 2.75) is 19.4 Å².